The Morgan fingerprint density at radius 1 is 1.29 bits per heavy atom. The summed E-state index contributed by atoms with van der Waals surface area (Å²) in [5.74, 6) is -4.22. The van der Waals surface area contributed by atoms with Gasteiger partial charge in [-0.15, -0.1) is 0 Å². The van der Waals surface area contributed by atoms with Crippen molar-refractivity contribution in [2.45, 2.75) is 37.1 Å². The van der Waals surface area contributed by atoms with Crippen molar-refractivity contribution >= 4 is 35.1 Å². The molecule has 1 aliphatic carbocycles. The normalized spacial score (nSPS) is 18.0. The molecule has 1 saturated carbocycles. The average molecular weight is 470 g/mol. The molecule has 2 aliphatic rings. The minimum Gasteiger partial charge on any atom is -0.351 e. The monoisotopic (exact) mass is 470 g/mol. The summed E-state index contributed by atoms with van der Waals surface area (Å²) in [4.78, 5) is 43.0. The lowest BCUT2D eigenvalue weighted by Crippen LogP contribution is -2.49. The fourth-order valence-corrected chi connectivity index (χ4v) is 3.63. The molecule has 10 nitrogen and oxygen atoms in total. The number of rotatable bonds is 8. The van der Waals surface area contributed by atoms with Gasteiger partial charge < -0.3 is 15.5 Å². The maximum atomic E-state index is 13.5. The number of alkyl halides is 2. The van der Waals surface area contributed by atoms with Crippen molar-refractivity contribution in [3.8, 4) is 0 Å². The first kappa shape index (κ1) is 23.3. The van der Waals surface area contributed by atoms with E-state index >= 15 is 0 Å². The number of nitrogens with zero attached hydrogens (tertiary/aromatic N) is 5. The zero-order valence-corrected chi connectivity index (χ0v) is 18.5. The van der Waals surface area contributed by atoms with Crippen LogP contribution in [0.2, 0.25) is 0 Å². The van der Waals surface area contributed by atoms with Crippen molar-refractivity contribution < 1.29 is 18.4 Å². The van der Waals surface area contributed by atoms with Crippen LogP contribution in [0, 0.1) is 5.41 Å². The second kappa shape index (κ2) is 9.57. The summed E-state index contributed by atoms with van der Waals surface area (Å²) in [5, 5.41) is 13.9. The van der Waals surface area contributed by atoms with Crippen LogP contribution >= 0.6 is 0 Å². The summed E-state index contributed by atoms with van der Waals surface area (Å²) in [5.41, 5.74) is 1.21. The summed E-state index contributed by atoms with van der Waals surface area (Å²) in [6.45, 7) is -0.910. The third-order valence-electron chi connectivity index (χ3n) is 5.55. The molecule has 0 aromatic carbocycles. The molecular formula is C22H24F2N8O2. The fourth-order valence-electron chi connectivity index (χ4n) is 3.63. The quantitative estimate of drug-likeness (QED) is 0.506. The van der Waals surface area contributed by atoms with Crippen LogP contribution in [0.3, 0.4) is 0 Å². The van der Waals surface area contributed by atoms with Gasteiger partial charge >= 0.3 is 0 Å². The molecule has 2 aromatic rings. The number of carbonyl (C=O) groups excluding carboxylic acids is 2. The maximum Gasteiger partial charge on any atom is 0.272 e. The molecule has 0 bridgehead atoms. The third kappa shape index (κ3) is 5.38. The molecule has 1 saturated heterocycles. The number of pyridine rings is 1. The van der Waals surface area contributed by atoms with Gasteiger partial charge in [0.2, 0.25) is 0 Å². The number of aliphatic imine (C=N–C) groups is 1. The van der Waals surface area contributed by atoms with Crippen LogP contribution in [0.15, 0.2) is 35.8 Å². The second-order valence-corrected chi connectivity index (χ2v) is 8.26. The Kier molecular flexibility index (Phi) is 6.57. The number of hydrogen-bond donors (Lipinski definition) is 3. The molecule has 12 heteroatoms. The third-order valence-corrected chi connectivity index (χ3v) is 5.55. The molecule has 4 rings (SSSR count). The molecule has 1 unspecified atom stereocenters. The topological polar surface area (TPSA) is 136 Å². The van der Waals surface area contributed by atoms with E-state index < -0.39 is 42.5 Å². The lowest BCUT2D eigenvalue weighted by Gasteiger charge is -2.21. The molecule has 2 aromatic heterocycles. The molecular weight excluding hydrogens is 446 g/mol. The van der Waals surface area contributed by atoms with Gasteiger partial charge in [-0.05, 0) is 25.0 Å². The van der Waals surface area contributed by atoms with E-state index in [1.165, 1.54) is 32.0 Å². The number of likely N-dealkylation sites (tertiary alicyclic amines) is 1. The highest BCUT2D eigenvalue weighted by Gasteiger charge is 2.42. The molecule has 3 N–H and O–H groups in total. The Bertz CT molecular complexity index is 1120. The summed E-state index contributed by atoms with van der Waals surface area (Å²) in [6, 6.07) is 2.36. The fraction of sp³-hybridized carbons (Fsp3) is 0.409. The first-order chi connectivity index (χ1) is 16.3. The van der Waals surface area contributed by atoms with Gasteiger partial charge in [-0.1, -0.05) is 0 Å². The zero-order chi connectivity index (χ0) is 24.3. The predicted octanol–water partition coefficient (Wildman–Crippen LogP) is 2.18. The zero-order valence-electron chi connectivity index (χ0n) is 18.5. The maximum absolute atomic E-state index is 13.5. The van der Waals surface area contributed by atoms with Gasteiger partial charge in [0, 0.05) is 37.8 Å². The molecule has 3 heterocycles. The minimum absolute atomic E-state index is 0.0655. The summed E-state index contributed by atoms with van der Waals surface area (Å²) in [7, 11) is 1.43. The van der Waals surface area contributed by atoms with Gasteiger partial charge in [0.25, 0.3) is 17.7 Å². The van der Waals surface area contributed by atoms with Crippen LogP contribution in [-0.4, -0.2) is 75.7 Å². The molecule has 1 atom stereocenters. The van der Waals surface area contributed by atoms with Crippen molar-refractivity contribution in [2.24, 2.45) is 4.99 Å². The van der Waals surface area contributed by atoms with Gasteiger partial charge in [0.15, 0.2) is 5.69 Å². The minimum atomic E-state index is -2.98. The first-order valence-electron chi connectivity index (χ1n) is 10.8. The van der Waals surface area contributed by atoms with E-state index in [-0.39, 0.29) is 18.2 Å². The van der Waals surface area contributed by atoms with Gasteiger partial charge in [0.05, 0.1) is 30.3 Å². The molecule has 2 fully saturated rings. The van der Waals surface area contributed by atoms with Crippen molar-refractivity contribution in [1.82, 2.24) is 25.2 Å². The van der Waals surface area contributed by atoms with E-state index in [1.807, 2.05) is 6.07 Å². The number of amides is 2. The standard InChI is InChI=1S/C22H24F2N8O2/c1-26-10-17(18(25)21(34)32-7-6-22(23,24)11-32)31-20(33)19-16(29-14-8-27-12-28-9-14)5-4-15(30-19)13-2-3-13/h4-5,8-10,12-13,17,25,29H,2-3,6-7,11H2,1H3,(H,31,33). The molecule has 34 heavy (non-hydrogen) atoms. The largest absolute Gasteiger partial charge is 0.351 e. The Morgan fingerprint density at radius 3 is 2.65 bits per heavy atom. The lowest BCUT2D eigenvalue weighted by molar-refractivity contribution is -0.124. The van der Waals surface area contributed by atoms with Gasteiger partial charge in [0.1, 0.15) is 18.1 Å². The summed E-state index contributed by atoms with van der Waals surface area (Å²) < 4.78 is 27.1. The number of aromatic nitrogens is 3. The van der Waals surface area contributed by atoms with Gasteiger partial charge in [-0.3, -0.25) is 20.0 Å². The Hall–Kier alpha value is -3.83. The molecule has 0 spiro atoms. The van der Waals surface area contributed by atoms with E-state index in [4.69, 9.17) is 5.41 Å². The van der Waals surface area contributed by atoms with Crippen molar-refractivity contribution in [1.29, 1.82) is 5.41 Å². The average Bonchev–Trinajstić information content (AvgIpc) is 3.61. The van der Waals surface area contributed by atoms with Crippen molar-refractivity contribution in [3.05, 3.63) is 42.2 Å². The van der Waals surface area contributed by atoms with E-state index in [1.54, 1.807) is 6.07 Å². The number of nitrogens with one attached hydrogen (secondary N) is 3. The van der Waals surface area contributed by atoms with Crippen molar-refractivity contribution in [3.63, 3.8) is 0 Å². The van der Waals surface area contributed by atoms with E-state index in [0.29, 0.717) is 11.4 Å². The summed E-state index contributed by atoms with van der Waals surface area (Å²) >= 11 is 0. The van der Waals surface area contributed by atoms with Crippen molar-refractivity contribution in [2.75, 3.05) is 25.5 Å². The first-order valence-corrected chi connectivity index (χ1v) is 10.8. The number of carbonyl (C=O) groups is 2. The van der Waals surface area contributed by atoms with E-state index in [9.17, 15) is 18.4 Å². The second-order valence-electron chi connectivity index (χ2n) is 8.26. The predicted molar refractivity (Wildman–Crippen MR) is 121 cm³/mol. The molecule has 178 valence electrons. The lowest BCUT2D eigenvalue weighted by atomic mass is 10.1. The van der Waals surface area contributed by atoms with Gasteiger partial charge in [-0.25, -0.2) is 23.7 Å². The molecule has 1 aliphatic heterocycles. The van der Waals surface area contributed by atoms with Crippen LogP contribution in [0.5, 0.6) is 0 Å². The Labute approximate surface area is 194 Å². The SMILES string of the molecule is CN=CC(NC(=O)c1nc(C2CC2)ccc1Nc1cncnc1)C(=N)C(=O)N1CCC(F)(F)C1. The highest BCUT2D eigenvalue weighted by Crippen LogP contribution is 2.39. The van der Waals surface area contributed by atoms with Crippen LogP contribution < -0.4 is 10.6 Å². The number of anilines is 2. The van der Waals surface area contributed by atoms with Crippen LogP contribution in [0.1, 0.15) is 41.4 Å². The smallest absolute Gasteiger partial charge is 0.272 e. The number of hydrogen-bond acceptors (Lipinski definition) is 8. The van der Waals surface area contributed by atoms with Crippen LogP contribution in [-0.2, 0) is 4.79 Å². The van der Waals surface area contributed by atoms with Crippen LogP contribution in [0.25, 0.3) is 0 Å². The Morgan fingerprint density at radius 2 is 2.03 bits per heavy atom. The van der Waals surface area contributed by atoms with Crippen LogP contribution in [0.4, 0.5) is 20.2 Å². The molecule has 2 amide bonds. The number of halogens is 2. The highest BCUT2D eigenvalue weighted by atomic mass is 19.3. The van der Waals surface area contributed by atoms with E-state index in [2.05, 4.69) is 30.6 Å². The molecule has 0 radical (unpaired) electrons. The van der Waals surface area contributed by atoms with E-state index in [0.717, 1.165) is 23.4 Å². The highest BCUT2D eigenvalue weighted by molar-refractivity contribution is 6.43. The Balaban J connectivity index is 1.55. The summed E-state index contributed by atoms with van der Waals surface area (Å²) in [6.07, 6.45) is 7.18. The van der Waals surface area contributed by atoms with Gasteiger partial charge in [-0.2, -0.15) is 0 Å².